The average Bonchev–Trinajstić information content (AvgIpc) is 2.96. The third-order valence-corrected chi connectivity index (χ3v) is 5.33. The standard InChI is InChI=1S/C18H34N4O2/c1-14(2)10-20-17(24)21-7-4-5-15(11-21)9-16(23)22-8-6-18(3,12-19)13-22/h14-15H,4-13,19H2,1-3H3,(H,20,24). The second-order valence-corrected chi connectivity index (χ2v) is 8.32. The second kappa shape index (κ2) is 8.19. The Hall–Kier alpha value is -1.30. The fourth-order valence-corrected chi connectivity index (χ4v) is 3.60. The zero-order valence-corrected chi connectivity index (χ0v) is 15.5. The summed E-state index contributed by atoms with van der Waals surface area (Å²) in [5.74, 6) is 0.950. The molecule has 0 radical (unpaired) electrons. The molecule has 0 bridgehead atoms. The summed E-state index contributed by atoms with van der Waals surface area (Å²) in [5, 5.41) is 2.98. The maximum Gasteiger partial charge on any atom is 0.317 e. The summed E-state index contributed by atoms with van der Waals surface area (Å²) in [6, 6.07) is 0.0118. The molecule has 2 heterocycles. The maximum atomic E-state index is 12.6. The van der Waals surface area contributed by atoms with E-state index in [9.17, 15) is 9.59 Å². The normalized spacial score (nSPS) is 27.6. The molecule has 0 aliphatic carbocycles. The van der Waals surface area contributed by atoms with Gasteiger partial charge in [-0.3, -0.25) is 4.79 Å². The molecular weight excluding hydrogens is 304 g/mol. The van der Waals surface area contributed by atoms with Crippen LogP contribution < -0.4 is 11.1 Å². The van der Waals surface area contributed by atoms with Crippen LogP contribution in [0.4, 0.5) is 4.79 Å². The fourth-order valence-electron chi connectivity index (χ4n) is 3.60. The lowest BCUT2D eigenvalue weighted by molar-refractivity contribution is -0.131. The van der Waals surface area contributed by atoms with Crippen LogP contribution in [-0.2, 0) is 4.79 Å². The van der Waals surface area contributed by atoms with E-state index < -0.39 is 0 Å². The summed E-state index contributed by atoms with van der Waals surface area (Å²) in [5.41, 5.74) is 5.90. The molecule has 0 spiro atoms. The lowest BCUT2D eigenvalue weighted by atomic mass is 9.90. The summed E-state index contributed by atoms with van der Waals surface area (Å²) in [6.07, 6.45) is 3.55. The van der Waals surface area contributed by atoms with Crippen molar-refractivity contribution in [2.24, 2.45) is 23.0 Å². The van der Waals surface area contributed by atoms with Gasteiger partial charge < -0.3 is 20.9 Å². The Bertz CT molecular complexity index is 454. The van der Waals surface area contributed by atoms with Crippen LogP contribution in [0.5, 0.6) is 0 Å². The summed E-state index contributed by atoms with van der Waals surface area (Å²) < 4.78 is 0. The number of urea groups is 1. The van der Waals surface area contributed by atoms with E-state index in [2.05, 4.69) is 26.1 Å². The predicted molar refractivity (Wildman–Crippen MR) is 95.5 cm³/mol. The number of hydrogen-bond acceptors (Lipinski definition) is 3. The van der Waals surface area contributed by atoms with Gasteiger partial charge >= 0.3 is 6.03 Å². The largest absolute Gasteiger partial charge is 0.342 e. The molecule has 2 fully saturated rings. The Morgan fingerprint density at radius 1 is 1.29 bits per heavy atom. The maximum absolute atomic E-state index is 12.6. The van der Waals surface area contributed by atoms with Gasteiger partial charge in [0.1, 0.15) is 0 Å². The van der Waals surface area contributed by atoms with Gasteiger partial charge in [-0.05, 0) is 43.1 Å². The van der Waals surface area contributed by atoms with Crippen molar-refractivity contribution < 1.29 is 9.59 Å². The molecule has 0 aromatic rings. The average molecular weight is 338 g/mol. The van der Waals surface area contributed by atoms with Gasteiger partial charge in [-0.1, -0.05) is 20.8 Å². The van der Waals surface area contributed by atoms with E-state index in [1.54, 1.807) is 0 Å². The Morgan fingerprint density at radius 2 is 2.04 bits per heavy atom. The quantitative estimate of drug-likeness (QED) is 0.800. The van der Waals surface area contributed by atoms with E-state index in [1.807, 2.05) is 9.80 Å². The minimum Gasteiger partial charge on any atom is -0.342 e. The van der Waals surface area contributed by atoms with Gasteiger partial charge in [0.15, 0.2) is 0 Å². The molecule has 2 aliphatic heterocycles. The number of nitrogens with one attached hydrogen (secondary N) is 1. The van der Waals surface area contributed by atoms with Crippen molar-refractivity contribution in [2.45, 2.75) is 46.5 Å². The molecular formula is C18H34N4O2. The number of likely N-dealkylation sites (tertiary alicyclic amines) is 2. The second-order valence-electron chi connectivity index (χ2n) is 8.32. The first kappa shape index (κ1) is 19.0. The van der Waals surface area contributed by atoms with Crippen LogP contribution in [0, 0.1) is 17.3 Å². The number of hydrogen-bond donors (Lipinski definition) is 2. The van der Waals surface area contributed by atoms with Crippen LogP contribution in [0.15, 0.2) is 0 Å². The van der Waals surface area contributed by atoms with Crippen molar-refractivity contribution >= 4 is 11.9 Å². The van der Waals surface area contributed by atoms with Crippen molar-refractivity contribution in [2.75, 3.05) is 39.3 Å². The van der Waals surface area contributed by atoms with Crippen LogP contribution in [0.25, 0.3) is 0 Å². The number of nitrogens with zero attached hydrogens (tertiary/aromatic N) is 2. The number of carbonyl (C=O) groups excluding carboxylic acids is 2. The van der Waals surface area contributed by atoms with Gasteiger partial charge in [-0.2, -0.15) is 0 Å². The van der Waals surface area contributed by atoms with Crippen LogP contribution in [-0.4, -0.2) is 61.0 Å². The summed E-state index contributed by atoms with van der Waals surface area (Å²) in [7, 11) is 0. The first-order valence-corrected chi connectivity index (χ1v) is 9.33. The van der Waals surface area contributed by atoms with Gasteiger partial charge in [-0.15, -0.1) is 0 Å². The van der Waals surface area contributed by atoms with Gasteiger partial charge in [-0.25, -0.2) is 4.79 Å². The first-order chi connectivity index (χ1) is 11.3. The van der Waals surface area contributed by atoms with E-state index in [0.29, 0.717) is 32.0 Å². The molecule has 6 nitrogen and oxygen atoms in total. The van der Waals surface area contributed by atoms with Gasteiger partial charge in [0.2, 0.25) is 5.91 Å². The number of piperidine rings is 1. The molecule has 2 saturated heterocycles. The molecule has 0 aromatic carbocycles. The van der Waals surface area contributed by atoms with Gasteiger partial charge in [0.25, 0.3) is 0 Å². The molecule has 3 N–H and O–H groups in total. The fraction of sp³-hybridized carbons (Fsp3) is 0.889. The van der Waals surface area contributed by atoms with Crippen molar-refractivity contribution in [1.82, 2.24) is 15.1 Å². The zero-order chi connectivity index (χ0) is 17.7. The lowest BCUT2D eigenvalue weighted by Gasteiger charge is -2.33. The topological polar surface area (TPSA) is 78.7 Å². The third-order valence-electron chi connectivity index (χ3n) is 5.33. The predicted octanol–water partition coefficient (Wildman–Crippen LogP) is 1.65. The summed E-state index contributed by atoms with van der Waals surface area (Å²) in [6.45, 7) is 10.7. The van der Waals surface area contributed by atoms with Crippen LogP contribution >= 0.6 is 0 Å². The molecule has 2 atom stereocenters. The summed E-state index contributed by atoms with van der Waals surface area (Å²) in [4.78, 5) is 28.6. The monoisotopic (exact) mass is 338 g/mol. The van der Waals surface area contributed by atoms with E-state index in [4.69, 9.17) is 5.73 Å². The van der Waals surface area contributed by atoms with E-state index >= 15 is 0 Å². The highest BCUT2D eigenvalue weighted by Gasteiger charge is 2.36. The van der Waals surface area contributed by atoms with Crippen molar-refractivity contribution in [1.29, 1.82) is 0 Å². The zero-order valence-electron chi connectivity index (χ0n) is 15.5. The molecule has 6 heteroatoms. The number of nitrogens with two attached hydrogens (primary N) is 1. The third kappa shape index (κ3) is 5.10. The molecule has 0 saturated carbocycles. The van der Waals surface area contributed by atoms with Crippen molar-refractivity contribution in [3.05, 3.63) is 0 Å². The van der Waals surface area contributed by atoms with Crippen LogP contribution in [0.1, 0.15) is 46.5 Å². The molecule has 24 heavy (non-hydrogen) atoms. The Kier molecular flexibility index (Phi) is 6.49. The van der Waals surface area contributed by atoms with Crippen LogP contribution in [0.2, 0.25) is 0 Å². The molecule has 3 amide bonds. The SMILES string of the molecule is CC(C)CNC(=O)N1CCCC(CC(=O)N2CCC(C)(CN)C2)C1. The number of carbonyl (C=O) groups is 2. The number of amides is 3. The Balaban J connectivity index is 1.80. The van der Waals surface area contributed by atoms with Gasteiger partial charge in [0, 0.05) is 39.1 Å². The highest BCUT2D eigenvalue weighted by Crippen LogP contribution is 2.30. The van der Waals surface area contributed by atoms with E-state index in [1.165, 1.54) is 0 Å². The minimum atomic E-state index is 0.0118. The molecule has 2 aliphatic rings. The van der Waals surface area contributed by atoms with Crippen molar-refractivity contribution in [3.63, 3.8) is 0 Å². The van der Waals surface area contributed by atoms with Gasteiger partial charge in [0.05, 0.1) is 0 Å². The molecule has 2 rings (SSSR count). The number of rotatable bonds is 5. The smallest absolute Gasteiger partial charge is 0.317 e. The lowest BCUT2D eigenvalue weighted by Crippen LogP contribution is -2.47. The first-order valence-electron chi connectivity index (χ1n) is 9.33. The highest BCUT2D eigenvalue weighted by atomic mass is 16.2. The van der Waals surface area contributed by atoms with Crippen LogP contribution in [0.3, 0.4) is 0 Å². The van der Waals surface area contributed by atoms with E-state index in [0.717, 1.165) is 38.9 Å². The van der Waals surface area contributed by atoms with Crippen molar-refractivity contribution in [3.8, 4) is 0 Å². The summed E-state index contributed by atoms with van der Waals surface area (Å²) >= 11 is 0. The molecule has 138 valence electrons. The highest BCUT2D eigenvalue weighted by molar-refractivity contribution is 5.77. The van der Waals surface area contributed by atoms with E-state index in [-0.39, 0.29) is 23.3 Å². The molecule has 2 unspecified atom stereocenters. The minimum absolute atomic E-state index is 0.0118. The Morgan fingerprint density at radius 3 is 2.67 bits per heavy atom. The molecule has 0 aromatic heterocycles. The Labute approximate surface area is 146 Å².